The van der Waals surface area contributed by atoms with Gasteiger partial charge in [0.2, 0.25) is 5.91 Å². The Labute approximate surface area is 54.1 Å². The minimum atomic E-state index is -0.0489. The summed E-state index contributed by atoms with van der Waals surface area (Å²) in [6.45, 7) is 1.98. The molecule has 52 valence electrons. The van der Waals surface area contributed by atoms with E-state index in [4.69, 9.17) is 5.73 Å². The molecule has 0 spiro atoms. The third-order valence-corrected chi connectivity index (χ3v) is 0.743. The van der Waals surface area contributed by atoms with Gasteiger partial charge in [-0.25, -0.2) is 0 Å². The van der Waals surface area contributed by atoms with Gasteiger partial charge in [-0.05, 0) is 0 Å². The van der Waals surface area contributed by atoms with E-state index in [2.05, 4.69) is 10.3 Å². The van der Waals surface area contributed by atoms with Crippen LogP contribution in [0.3, 0.4) is 0 Å². The van der Waals surface area contributed by atoms with E-state index >= 15 is 0 Å². The van der Waals surface area contributed by atoms with Crippen LogP contribution in [-0.4, -0.2) is 18.9 Å². The summed E-state index contributed by atoms with van der Waals surface area (Å²) in [6, 6.07) is 0. The van der Waals surface area contributed by atoms with Crippen LogP contribution >= 0.6 is 0 Å². The van der Waals surface area contributed by atoms with Gasteiger partial charge in [0.05, 0.1) is 13.0 Å². The monoisotopic (exact) mass is 129 g/mol. The topological polar surface area (TPSA) is 67.5 Å². The first kappa shape index (κ1) is 8.10. The van der Waals surface area contributed by atoms with Crippen molar-refractivity contribution >= 4 is 12.2 Å². The Morgan fingerprint density at radius 1 is 1.89 bits per heavy atom. The number of aliphatic imine (C=N–C) groups is 1. The summed E-state index contributed by atoms with van der Waals surface area (Å²) in [5.74, 6) is -0.0489. The number of nitrogens with one attached hydrogen (secondary N) is 1. The molecule has 0 aromatic rings. The molecule has 0 unspecified atom stereocenters. The summed E-state index contributed by atoms with van der Waals surface area (Å²) >= 11 is 0. The molecule has 0 aliphatic heterocycles. The normalized spacial score (nSPS) is 10.0. The maximum Gasteiger partial charge on any atom is 0.224 e. The first-order valence-electron chi connectivity index (χ1n) is 2.79. The lowest BCUT2D eigenvalue weighted by atomic mass is 10.5. The van der Waals surface area contributed by atoms with Crippen molar-refractivity contribution in [3.8, 4) is 0 Å². The highest BCUT2D eigenvalue weighted by molar-refractivity contribution is 5.87. The molecule has 0 fully saturated rings. The first-order valence-corrected chi connectivity index (χ1v) is 2.79. The highest BCUT2D eigenvalue weighted by Crippen LogP contribution is 1.70. The number of nitrogens with two attached hydrogens (primary N) is 1. The quantitative estimate of drug-likeness (QED) is 0.397. The molecule has 0 rings (SSSR count). The van der Waals surface area contributed by atoms with Crippen molar-refractivity contribution in [2.45, 2.75) is 13.3 Å². The van der Waals surface area contributed by atoms with Crippen molar-refractivity contribution in [1.29, 1.82) is 0 Å². The zero-order chi connectivity index (χ0) is 7.11. The van der Waals surface area contributed by atoms with E-state index < -0.39 is 0 Å². The smallest absolute Gasteiger partial charge is 0.224 e. The highest BCUT2D eigenvalue weighted by atomic mass is 16.1. The zero-order valence-corrected chi connectivity index (χ0v) is 5.42. The maximum absolute atomic E-state index is 10.4. The molecule has 4 heteroatoms. The fourth-order valence-electron chi connectivity index (χ4n) is 0.272. The Kier molecular flexibility index (Phi) is 4.72. The molecule has 0 aliphatic rings. The van der Waals surface area contributed by atoms with Crippen LogP contribution in [-0.2, 0) is 4.79 Å². The van der Waals surface area contributed by atoms with Gasteiger partial charge in [-0.15, -0.1) is 0 Å². The number of amides is 1. The number of nitrogens with zero attached hydrogens (tertiary/aromatic N) is 1. The molecular formula is C5H11N3O. The average Bonchev–Trinajstić information content (AvgIpc) is 1.89. The fourth-order valence-corrected chi connectivity index (χ4v) is 0.272. The van der Waals surface area contributed by atoms with Gasteiger partial charge in [0.15, 0.2) is 0 Å². The maximum atomic E-state index is 10.4. The van der Waals surface area contributed by atoms with Crippen LogP contribution in [0.15, 0.2) is 4.99 Å². The van der Waals surface area contributed by atoms with E-state index in [1.54, 1.807) is 6.92 Å². The van der Waals surface area contributed by atoms with Crippen molar-refractivity contribution in [2.24, 2.45) is 10.7 Å². The zero-order valence-electron chi connectivity index (χ0n) is 5.42. The Hall–Kier alpha value is -0.900. The second-order valence-corrected chi connectivity index (χ2v) is 1.42. The Bertz CT molecular complexity index is 111. The van der Waals surface area contributed by atoms with Crippen LogP contribution in [0.4, 0.5) is 0 Å². The lowest BCUT2D eigenvalue weighted by molar-refractivity contribution is -0.119. The Morgan fingerprint density at radius 2 is 2.56 bits per heavy atom. The van der Waals surface area contributed by atoms with Gasteiger partial charge in [-0.1, -0.05) is 6.92 Å². The molecule has 0 bridgehead atoms. The van der Waals surface area contributed by atoms with E-state index in [9.17, 15) is 4.79 Å². The number of hydrogen-bond acceptors (Lipinski definition) is 3. The number of carbonyl (C=O) groups is 1. The molecule has 0 radical (unpaired) electrons. The van der Waals surface area contributed by atoms with Crippen LogP contribution in [0.25, 0.3) is 0 Å². The van der Waals surface area contributed by atoms with E-state index in [0.717, 1.165) is 0 Å². The first-order chi connectivity index (χ1) is 4.31. The molecule has 3 N–H and O–H groups in total. The van der Waals surface area contributed by atoms with Crippen molar-refractivity contribution in [3.05, 3.63) is 0 Å². The van der Waals surface area contributed by atoms with Gasteiger partial charge in [-0.3, -0.25) is 9.79 Å². The molecule has 0 aliphatic carbocycles. The third-order valence-electron chi connectivity index (χ3n) is 0.743. The molecule has 0 aromatic heterocycles. The molecular weight excluding hydrogens is 118 g/mol. The molecule has 9 heavy (non-hydrogen) atoms. The summed E-state index contributed by atoms with van der Waals surface area (Å²) in [4.78, 5) is 14.0. The van der Waals surface area contributed by atoms with Crippen LogP contribution in [0.1, 0.15) is 13.3 Å². The van der Waals surface area contributed by atoms with Crippen LogP contribution < -0.4 is 11.1 Å². The molecule has 0 heterocycles. The Morgan fingerprint density at radius 3 is 3.00 bits per heavy atom. The Balaban J connectivity index is 3.26. The highest BCUT2D eigenvalue weighted by Gasteiger charge is 1.88. The number of rotatable bonds is 3. The summed E-state index contributed by atoms with van der Waals surface area (Å²) in [5.41, 5.74) is 5.01. The lowest BCUT2D eigenvalue weighted by Gasteiger charge is -1.91. The van der Waals surface area contributed by atoms with Gasteiger partial charge in [0.25, 0.3) is 0 Å². The van der Waals surface area contributed by atoms with Gasteiger partial charge >= 0.3 is 0 Å². The lowest BCUT2D eigenvalue weighted by Crippen LogP contribution is -2.20. The molecule has 0 atom stereocenters. The van der Waals surface area contributed by atoms with Crippen molar-refractivity contribution in [1.82, 2.24) is 5.32 Å². The van der Waals surface area contributed by atoms with E-state index in [1.165, 1.54) is 6.34 Å². The molecule has 0 saturated heterocycles. The van der Waals surface area contributed by atoms with Crippen molar-refractivity contribution in [2.75, 3.05) is 6.67 Å². The van der Waals surface area contributed by atoms with Crippen molar-refractivity contribution in [3.63, 3.8) is 0 Å². The average molecular weight is 129 g/mol. The van der Waals surface area contributed by atoms with Gasteiger partial charge in [-0.2, -0.15) is 0 Å². The van der Waals surface area contributed by atoms with Crippen molar-refractivity contribution < 1.29 is 4.79 Å². The predicted octanol–water partition coefficient (Wildman–Crippen LogP) is -0.543. The summed E-state index contributed by atoms with van der Waals surface area (Å²) < 4.78 is 0. The minimum absolute atomic E-state index is 0.0489. The second-order valence-electron chi connectivity index (χ2n) is 1.42. The molecule has 0 saturated carbocycles. The van der Waals surface area contributed by atoms with Crippen LogP contribution in [0.5, 0.6) is 0 Å². The largest absolute Gasteiger partial charge is 0.317 e. The second kappa shape index (κ2) is 5.24. The summed E-state index contributed by atoms with van der Waals surface area (Å²) in [7, 11) is 0. The third kappa shape index (κ3) is 4.96. The SMILES string of the molecule is CCC(=O)NC=NCN. The summed E-state index contributed by atoms with van der Waals surface area (Å²) in [5, 5.41) is 2.42. The molecule has 1 amide bonds. The van der Waals surface area contributed by atoms with E-state index in [0.29, 0.717) is 6.42 Å². The number of carbonyl (C=O) groups excluding carboxylic acids is 1. The van der Waals surface area contributed by atoms with Crippen LogP contribution in [0.2, 0.25) is 0 Å². The van der Waals surface area contributed by atoms with Gasteiger partial charge in [0, 0.05) is 6.42 Å². The molecule has 4 nitrogen and oxygen atoms in total. The van der Waals surface area contributed by atoms with Gasteiger partial charge in [0.1, 0.15) is 0 Å². The molecule has 0 aromatic carbocycles. The summed E-state index contributed by atoms with van der Waals surface area (Å²) in [6.07, 6.45) is 1.78. The minimum Gasteiger partial charge on any atom is -0.317 e. The fraction of sp³-hybridized carbons (Fsp3) is 0.600. The van der Waals surface area contributed by atoms with Gasteiger partial charge < -0.3 is 11.1 Å². The standard InChI is InChI=1S/C5H11N3O/c1-2-5(9)8-4-7-3-6/h4H,2-3,6H2,1H3,(H,7,8,9). The van der Waals surface area contributed by atoms with E-state index in [-0.39, 0.29) is 12.6 Å². The van der Waals surface area contributed by atoms with E-state index in [1.807, 2.05) is 0 Å². The number of hydrogen-bond donors (Lipinski definition) is 2. The van der Waals surface area contributed by atoms with Crippen LogP contribution in [0, 0.1) is 0 Å². The predicted molar refractivity (Wildman–Crippen MR) is 36.0 cm³/mol.